The molecule has 0 aromatic heterocycles. The first kappa shape index (κ1) is 21.7. The monoisotopic (exact) mass is 408 g/mol. The molecule has 4 atom stereocenters. The van der Waals surface area contributed by atoms with Crippen LogP contribution in [0.1, 0.15) is 40.0 Å². The van der Waals surface area contributed by atoms with Crippen molar-refractivity contribution in [3.05, 3.63) is 0 Å². The molecule has 2 rings (SSSR count). The van der Waals surface area contributed by atoms with Gasteiger partial charge in [0.2, 0.25) is 0 Å². The molecule has 2 saturated heterocycles. The second kappa shape index (κ2) is 6.76. The summed E-state index contributed by atoms with van der Waals surface area (Å²) in [7, 11) is 0. The molecule has 10 heteroatoms. The van der Waals surface area contributed by atoms with E-state index in [4.69, 9.17) is 4.74 Å². The highest BCUT2D eigenvalue weighted by Crippen LogP contribution is 2.57. The minimum absolute atomic E-state index is 0.0857. The van der Waals surface area contributed by atoms with Gasteiger partial charge in [0, 0.05) is 16.4 Å². The number of thioether (sulfide) groups is 1. The Morgan fingerprint density at radius 1 is 1.00 bits per heavy atom. The summed E-state index contributed by atoms with van der Waals surface area (Å²) in [5.41, 5.74) is -5.37. The van der Waals surface area contributed by atoms with E-state index in [-0.39, 0.29) is 24.2 Å². The molecule has 0 saturated carbocycles. The van der Waals surface area contributed by atoms with Crippen molar-refractivity contribution in [3.63, 3.8) is 0 Å². The van der Waals surface area contributed by atoms with Crippen LogP contribution in [-0.2, 0) is 9.53 Å². The van der Waals surface area contributed by atoms with Crippen LogP contribution in [0.15, 0.2) is 0 Å². The first-order chi connectivity index (χ1) is 11.6. The third kappa shape index (κ3) is 4.10. The predicted octanol–water partition coefficient (Wildman–Crippen LogP) is 4.33. The molecule has 4 unspecified atom stereocenters. The van der Waals surface area contributed by atoms with E-state index in [1.165, 1.54) is 11.8 Å². The van der Waals surface area contributed by atoms with Crippen molar-refractivity contribution < 1.29 is 41.0 Å². The molecule has 2 bridgehead atoms. The zero-order valence-electron chi connectivity index (χ0n) is 14.6. The molecule has 2 fully saturated rings. The van der Waals surface area contributed by atoms with Gasteiger partial charge in [-0.05, 0) is 46.0 Å². The van der Waals surface area contributed by atoms with Gasteiger partial charge in [-0.2, -0.15) is 38.1 Å². The summed E-state index contributed by atoms with van der Waals surface area (Å²) in [5, 5.41) is 8.80. The standard InChI is InChI=1S/C16H22F6O3S/c1-13(2,3)12(23)25-7-9-5-10-8(4-11(9)26-10)6-14(24,15(17,18)19)16(20,21)22/h8-11,24H,4-7H2,1-3H3. The van der Waals surface area contributed by atoms with E-state index in [2.05, 4.69) is 0 Å². The second-order valence-electron chi connectivity index (χ2n) is 8.11. The van der Waals surface area contributed by atoms with Crippen LogP contribution in [0.4, 0.5) is 26.3 Å². The molecule has 26 heavy (non-hydrogen) atoms. The summed E-state index contributed by atoms with van der Waals surface area (Å²) < 4.78 is 82.4. The lowest BCUT2D eigenvalue weighted by Gasteiger charge is -2.36. The second-order valence-corrected chi connectivity index (χ2v) is 9.60. The highest BCUT2D eigenvalue weighted by atomic mass is 32.2. The third-order valence-corrected chi connectivity index (χ3v) is 6.86. The average Bonchev–Trinajstić information content (AvgIpc) is 3.00. The lowest BCUT2D eigenvalue weighted by molar-refractivity contribution is -0.372. The van der Waals surface area contributed by atoms with Gasteiger partial charge >= 0.3 is 18.3 Å². The number of carbonyl (C=O) groups excluding carboxylic acids is 1. The van der Waals surface area contributed by atoms with Crippen molar-refractivity contribution in [1.29, 1.82) is 0 Å². The molecule has 0 aromatic rings. The number of hydrogen-bond acceptors (Lipinski definition) is 4. The van der Waals surface area contributed by atoms with Crippen molar-refractivity contribution in [3.8, 4) is 0 Å². The lowest BCUT2D eigenvalue weighted by Crippen LogP contribution is -2.58. The Morgan fingerprint density at radius 3 is 1.85 bits per heavy atom. The number of halogens is 6. The fourth-order valence-corrected chi connectivity index (χ4v) is 5.41. The molecule has 2 heterocycles. The number of rotatable bonds is 4. The van der Waals surface area contributed by atoms with Crippen molar-refractivity contribution in [2.45, 2.75) is 68.5 Å². The molecule has 3 nitrogen and oxygen atoms in total. The minimum Gasteiger partial charge on any atom is -0.465 e. The van der Waals surface area contributed by atoms with E-state index in [0.717, 1.165) is 0 Å². The number of ether oxygens (including phenoxy) is 1. The van der Waals surface area contributed by atoms with Gasteiger partial charge in [0.1, 0.15) is 0 Å². The number of esters is 1. The molecule has 2 aliphatic rings. The highest BCUT2D eigenvalue weighted by Gasteiger charge is 2.71. The van der Waals surface area contributed by atoms with Crippen LogP contribution in [-0.4, -0.2) is 46.1 Å². The molecular formula is C16H22F6O3S. The molecule has 0 aromatic carbocycles. The lowest BCUT2D eigenvalue weighted by atomic mass is 9.76. The van der Waals surface area contributed by atoms with Gasteiger partial charge in [0.05, 0.1) is 12.0 Å². The number of carbonyl (C=O) groups is 1. The largest absolute Gasteiger partial charge is 0.465 e. The number of hydrogen-bond donors (Lipinski definition) is 1. The molecule has 2 aliphatic heterocycles. The van der Waals surface area contributed by atoms with Crippen molar-refractivity contribution >= 4 is 17.7 Å². The van der Waals surface area contributed by atoms with Gasteiger partial charge in [-0.25, -0.2) is 0 Å². The van der Waals surface area contributed by atoms with Gasteiger partial charge in [-0.1, -0.05) is 0 Å². The Morgan fingerprint density at radius 2 is 1.46 bits per heavy atom. The molecule has 1 N–H and O–H groups in total. The van der Waals surface area contributed by atoms with Crippen molar-refractivity contribution in [2.75, 3.05) is 6.61 Å². The quantitative estimate of drug-likeness (QED) is 0.556. The fraction of sp³-hybridized carbons (Fsp3) is 0.938. The maximum atomic E-state index is 12.9. The van der Waals surface area contributed by atoms with Gasteiger partial charge in [0.15, 0.2) is 0 Å². The first-order valence-corrected chi connectivity index (χ1v) is 9.19. The van der Waals surface area contributed by atoms with Crippen molar-refractivity contribution in [2.24, 2.45) is 17.3 Å². The predicted molar refractivity (Wildman–Crippen MR) is 83.5 cm³/mol. The number of alkyl halides is 6. The Kier molecular flexibility index (Phi) is 5.63. The Bertz CT molecular complexity index is 526. The maximum absolute atomic E-state index is 12.9. The maximum Gasteiger partial charge on any atom is 0.426 e. The van der Waals surface area contributed by atoms with E-state index in [9.17, 15) is 36.2 Å². The van der Waals surface area contributed by atoms with Gasteiger partial charge < -0.3 is 9.84 Å². The van der Waals surface area contributed by atoms with Gasteiger partial charge in [-0.15, -0.1) is 0 Å². The van der Waals surface area contributed by atoms with Crippen LogP contribution < -0.4 is 0 Å². The Balaban J connectivity index is 1.97. The van der Waals surface area contributed by atoms with Crippen LogP contribution in [0.3, 0.4) is 0 Å². The molecular weight excluding hydrogens is 386 g/mol. The SMILES string of the molecule is CC(C)(C)C(=O)OCC1CC2SC1CC2CC(O)(C(F)(F)F)C(F)(F)F. The van der Waals surface area contributed by atoms with Gasteiger partial charge in [-0.3, -0.25) is 4.79 Å². The van der Waals surface area contributed by atoms with Crippen LogP contribution in [0.25, 0.3) is 0 Å². The van der Waals surface area contributed by atoms with E-state index in [1.807, 2.05) is 0 Å². The zero-order chi connectivity index (χ0) is 20.1. The topological polar surface area (TPSA) is 46.5 Å². The van der Waals surface area contributed by atoms with E-state index >= 15 is 0 Å². The summed E-state index contributed by atoms with van der Waals surface area (Å²) in [6.07, 6.45) is -12.4. The highest BCUT2D eigenvalue weighted by molar-refractivity contribution is 8.01. The molecule has 0 aliphatic carbocycles. The number of aliphatic hydroxyl groups is 1. The van der Waals surface area contributed by atoms with Crippen molar-refractivity contribution in [1.82, 2.24) is 0 Å². The van der Waals surface area contributed by atoms with Gasteiger partial charge in [0.25, 0.3) is 5.60 Å². The first-order valence-electron chi connectivity index (χ1n) is 8.25. The smallest absolute Gasteiger partial charge is 0.426 e. The number of fused-ring (bicyclic) bond motifs is 2. The van der Waals surface area contributed by atoms with Crippen LogP contribution in [0, 0.1) is 17.3 Å². The average molecular weight is 408 g/mol. The van der Waals surface area contributed by atoms with E-state index in [1.54, 1.807) is 20.8 Å². The van der Waals surface area contributed by atoms with E-state index < -0.39 is 46.9 Å². The molecule has 0 radical (unpaired) electrons. The summed E-state index contributed by atoms with van der Waals surface area (Å²) >= 11 is 1.33. The summed E-state index contributed by atoms with van der Waals surface area (Å²) in [6.45, 7) is 5.18. The fourth-order valence-electron chi connectivity index (χ4n) is 3.40. The summed E-state index contributed by atoms with van der Waals surface area (Å²) in [6, 6.07) is 0. The Hall–Kier alpha value is -0.640. The third-order valence-electron chi connectivity index (χ3n) is 5.01. The zero-order valence-corrected chi connectivity index (χ0v) is 15.4. The van der Waals surface area contributed by atoms with Crippen LogP contribution in [0.5, 0.6) is 0 Å². The summed E-state index contributed by atoms with van der Waals surface area (Å²) in [5.74, 6) is -1.37. The molecule has 0 spiro atoms. The molecule has 0 amide bonds. The molecule has 152 valence electrons. The normalized spacial score (nSPS) is 29.9. The minimum atomic E-state index is -5.78. The van der Waals surface area contributed by atoms with E-state index in [0.29, 0.717) is 6.42 Å². The van der Waals surface area contributed by atoms with Crippen LogP contribution >= 0.6 is 11.8 Å². The summed E-state index contributed by atoms with van der Waals surface area (Å²) in [4.78, 5) is 11.8. The Labute approximate surface area is 151 Å². The van der Waals surface area contributed by atoms with Crippen LogP contribution in [0.2, 0.25) is 0 Å².